The molecule has 1 aliphatic rings. The second-order valence-corrected chi connectivity index (χ2v) is 7.29. The van der Waals surface area contributed by atoms with Crippen LogP contribution in [0.25, 0.3) is 22.4 Å². The molecule has 8 heteroatoms. The van der Waals surface area contributed by atoms with Crippen LogP contribution in [-0.4, -0.2) is 43.7 Å². The maximum atomic E-state index is 11.3. The van der Waals surface area contributed by atoms with Gasteiger partial charge in [0.05, 0.1) is 31.1 Å². The Balaban J connectivity index is 1.77. The van der Waals surface area contributed by atoms with E-state index in [1.807, 2.05) is 24.4 Å². The standard InChI is InChI=1S/C18H17N3O4S/c1-10(22)8-21-9-12(7-19-21)11-2-3-14-13(6-11)16-15(4-5-25-14)26-17(20-16)18(23)24/h2-3,6-7,9-10,22H,4-5,8H2,1H3,(H,23,24). The van der Waals surface area contributed by atoms with Crippen LogP contribution >= 0.6 is 11.3 Å². The molecule has 0 radical (unpaired) electrons. The highest BCUT2D eigenvalue weighted by Gasteiger charge is 2.23. The minimum Gasteiger partial charge on any atom is -0.493 e. The summed E-state index contributed by atoms with van der Waals surface area (Å²) >= 11 is 1.20. The van der Waals surface area contributed by atoms with Crippen LogP contribution < -0.4 is 4.74 Å². The van der Waals surface area contributed by atoms with Gasteiger partial charge in [-0.3, -0.25) is 4.68 Å². The molecule has 26 heavy (non-hydrogen) atoms. The molecule has 1 unspecified atom stereocenters. The molecule has 1 atom stereocenters. The van der Waals surface area contributed by atoms with Gasteiger partial charge < -0.3 is 14.9 Å². The lowest BCUT2D eigenvalue weighted by Crippen LogP contribution is -2.11. The number of carboxylic acids is 1. The molecule has 1 aromatic carbocycles. The summed E-state index contributed by atoms with van der Waals surface area (Å²) in [5.41, 5.74) is 3.31. The van der Waals surface area contributed by atoms with E-state index in [9.17, 15) is 15.0 Å². The van der Waals surface area contributed by atoms with Gasteiger partial charge in [-0.2, -0.15) is 5.10 Å². The van der Waals surface area contributed by atoms with Gasteiger partial charge in [0.1, 0.15) is 5.75 Å². The van der Waals surface area contributed by atoms with Crippen LogP contribution in [0.1, 0.15) is 21.6 Å². The van der Waals surface area contributed by atoms with Crippen molar-refractivity contribution in [3.05, 3.63) is 40.5 Å². The summed E-state index contributed by atoms with van der Waals surface area (Å²) in [5, 5.41) is 23.1. The van der Waals surface area contributed by atoms with Crippen molar-refractivity contribution >= 4 is 17.3 Å². The first-order valence-electron chi connectivity index (χ1n) is 8.22. The Bertz CT molecular complexity index is 977. The number of fused-ring (bicyclic) bond motifs is 3. The van der Waals surface area contributed by atoms with Crippen LogP contribution in [0.2, 0.25) is 0 Å². The minimum absolute atomic E-state index is 0.0954. The summed E-state index contributed by atoms with van der Waals surface area (Å²) in [6.45, 7) is 2.63. The van der Waals surface area contributed by atoms with Crippen LogP contribution in [0.15, 0.2) is 30.6 Å². The topological polar surface area (TPSA) is 97.5 Å². The molecule has 0 amide bonds. The number of benzene rings is 1. The largest absolute Gasteiger partial charge is 0.493 e. The lowest BCUT2D eigenvalue weighted by atomic mass is 10.0. The SMILES string of the molecule is CC(O)Cn1cc(-c2ccc3c(c2)-c2nc(C(=O)O)sc2CCO3)cn1. The van der Waals surface area contributed by atoms with Crippen LogP contribution in [0.3, 0.4) is 0 Å². The zero-order chi connectivity index (χ0) is 18.3. The number of rotatable bonds is 4. The zero-order valence-corrected chi connectivity index (χ0v) is 14.9. The molecule has 0 saturated heterocycles. The minimum atomic E-state index is -1.01. The molecule has 1 aliphatic heterocycles. The predicted octanol–water partition coefficient (Wildman–Crippen LogP) is 2.69. The summed E-state index contributed by atoms with van der Waals surface area (Å²) in [5.74, 6) is -0.313. The third-order valence-electron chi connectivity index (χ3n) is 4.12. The van der Waals surface area contributed by atoms with Gasteiger partial charge in [-0.15, -0.1) is 11.3 Å². The van der Waals surface area contributed by atoms with E-state index >= 15 is 0 Å². The van der Waals surface area contributed by atoms with E-state index < -0.39 is 12.1 Å². The van der Waals surface area contributed by atoms with Gasteiger partial charge in [0.15, 0.2) is 0 Å². The first kappa shape index (κ1) is 16.7. The summed E-state index contributed by atoms with van der Waals surface area (Å²) < 4.78 is 7.50. The Labute approximate surface area is 153 Å². The highest BCUT2D eigenvalue weighted by atomic mass is 32.1. The zero-order valence-electron chi connectivity index (χ0n) is 14.0. The van der Waals surface area contributed by atoms with E-state index in [4.69, 9.17) is 4.74 Å². The Kier molecular flexibility index (Phi) is 4.21. The molecule has 2 N–H and O–H groups in total. The number of aliphatic hydroxyl groups is 1. The molecule has 3 heterocycles. The average Bonchev–Trinajstić information content (AvgIpc) is 3.19. The fourth-order valence-electron chi connectivity index (χ4n) is 2.98. The molecule has 7 nitrogen and oxygen atoms in total. The quantitative estimate of drug-likeness (QED) is 0.732. The fourth-order valence-corrected chi connectivity index (χ4v) is 3.88. The Morgan fingerprint density at radius 2 is 2.27 bits per heavy atom. The van der Waals surface area contributed by atoms with Crippen LogP contribution in [0.4, 0.5) is 0 Å². The first-order chi connectivity index (χ1) is 12.5. The number of thiazole rings is 1. The van der Waals surface area contributed by atoms with Gasteiger partial charge in [0.2, 0.25) is 5.01 Å². The number of hydrogen-bond acceptors (Lipinski definition) is 6. The summed E-state index contributed by atoms with van der Waals surface area (Å²) in [4.78, 5) is 16.5. The number of aromatic nitrogens is 3. The normalized spacial score (nSPS) is 14.1. The van der Waals surface area contributed by atoms with Gasteiger partial charge >= 0.3 is 5.97 Å². The number of ether oxygens (including phenoxy) is 1. The van der Waals surface area contributed by atoms with E-state index in [0.29, 0.717) is 31.0 Å². The molecule has 0 spiro atoms. The average molecular weight is 371 g/mol. The Morgan fingerprint density at radius 3 is 3.04 bits per heavy atom. The monoisotopic (exact) mass is 371 g/mol. The van der Waals surface area contributed by atoms with Gasteiger partial charge in [-0.1, -0.05) is 6.07 Å². The van der Waals surface area contributed by atoms with Crippen molar-refractivity contribution < 1.29 is 19.7 Å². The smallest absolute Gasteiger partial charge is 0.365 e. The second-order valence-electron chi connectivity index (χ2n) is 6.21. The van der Waals surface area contributed by atoms with Gasteiger partial charge in [0.25, 0.3) is 0 Å². The Morgan fingerprint density at radius 1 is 1.42 bits per heavy atom. The van der Waals surface area contributed by atoms with Crippen LogP contribution in [0.5, 0.6) is 5.75 Å². The highest BCUT2D eigenvalue weighted by molar-refractivity contribution is 7.14. The van der Waals surface area contributed by atoms with Gasteiger partial charge in [-0.25, -0.2) is 9.78 Å². The number of aliphatic hydroxyl groups excluding tert-OH is 1. The summed E-state index contributed by atoms with van der Waals surface area (Å²) in [6, 6.07) is 5.78. The van der Waals surface area contributed by atoms with Crippen LogP contribution in [-0.2, 0) is 13.0 Å². The summed E-state index contributed by atoms with van der Waals surface area (Å²) in [7, 11) is 0. The Hall–Kier alpha value is -2.71. The lowest BCUT2D eigenvalue weighted by Gasteiger charge is -2.08. The molecule has 3 aromatic rings. The molecule has 2 aromatic heterocycles. The van der Waals surface area contributed by atoms with Crippen LogP contribution in [0, 0.1) is 0 Å². The van der Waals surface area contributed by atoms with Crippen molar-refractivity contribution in [3.63, 3.8) is 0 Å². The lowest BCUT2D eigenvalue weighted by molar-refractivity contribution is 0.0696. The summed E-state index contributed by atoms with van der Waals surface area (Å²) in [6.07, 6.45) is 3.77. The molecule has 134 valence electrons. The van der Waals surface area contributed by atoms with E-state index in [1.54, 1.807) is 17.8 Å². The van der Waals surface area contributed by atoms with Crippen molar-refractivity contribution in [2.75, 3.05) is 6.61 Å². The number of carbonyl (C=O) groups is 1. The maximum absolute atomic E-state index is 11.3. The maximum Gasteiger partial charge on any atom is 0.365 e. The first-order valence-corrected chi connectivity index (χ1v) is 9.04. The number of hydrogen-bond donors (Lipinski definition) is 2. The predicted molar refractivity (Wildman–Crippen MR) is 96.6 cm³/mol. The fraction of sp³-hybridized carbons (Fsp3) is 0.278. The molecule has 4 rings (SSSR count). The van der Waals surface area contributed by atoms with E-state index in [2.05, 4.69) is 10.1 Å². The van der Waals surface area contributed by atoms with Gasteiger partial charge in [0, 0.05) is 28.6 Å². The molecule has 0 aliphatic carbocycles. The number of carboxylic acid groups (broad SMARTS) is 1. The van der Waals surface area contributed by atoms with Crippen molar-refractivity contribution in [3.8, 4) is 28.1 Å². The van der Waals surface area contributed by atoms with Crippen molar-refractivity contribution in [2.24, 2.45) is 0 Å². The third-order valence-corrected chi connectivity index (χ3v) is 5.22. The van der Waals surface area contributed by atoms with Crippen molar-refractivity contribution in [1.82, 2.24) is 14.8 Å². The molecule has 0 bridgehead atoms. The van der Waals surface area contributed by atoms with Crippen molar-refractivity contribution in [2.45, 2.75) is 26.0 Å². The molecular weight excluding hydrogens is 354 g/mol. The molecule has 0 saturated carbocycles. The molecular formula is C18H17N3O4S. The highest BCUT2D eigenvalue weighted by Crippen LogP contribution is 2.39. The van der Waals surface area contributed by atoms with E-state index in [1.165, 1.54) is 11.3 Å². The molecule has 0 fully saturated rings. The second kappa shape index (κ2) is 6.54. The number of aromatic carboxylic acids is 1. The number of nitrogens with zero attached hydrogens (tertiary/aromatic N) is 3. The van der Waals surface area contributed by atoms with Crippen molar-refractivity contribution in [1.29, 1.82) is 0 Å². The van der Waals surface area contributed by atoms with E-state index in [0.717, 1.165) is 21.6 Å². The van der Waals surface area contributed by atoms with Gasteiger partial charge in [-0.05, 0) is 24.6 Å². The van der Waals surface area contributed by atoms with E-state index in [-0.39, 0.29) is 5.01 Å². The third kappa shape index (κ3) is 3.09.